The minimum atomic E-state index is -4.10. The molecule has 2 rings (SSSR count). The molecule has 0 saturated carbocycles. The Kier molecular flexibility index (Phi) is 7.76. The molecule has 8 heteroatoms. The van der Waals surface area contributed by atoms with Gasteiger partial charge in [0.15, 0.2) is 11.6 Å². The summed E-state index contributed by atoms with van der Waals surface area (Å²) in [6.07, 6.45) is -0.712. The maximum absolute atomic E-state index is 13.8. The summed E-state index contributed by atoms with van der Waals surface area (Å²) in [5, 5.41) is 20.1. The van der Waals surface area contributed by atoms with Crippen molar-refractivity contribution < 1.29 is 23.0 Å². The fourth-order valence-electron chi connectivity index (χ4n) is 3.11. The number of aryl methyl sites for hydroxylation is 1. The smallest absolute Gasteiger partial charge is 0.243 e. The van der Waals surface area contributed by atoms with Gasteiger partial charge in [0.1, 0.15) is 0 Å². The highest BCUT2D eigenvalue weighted by Gasteiger charge is 2.31. The van der Waals surface area contributed by atoms with Crippen molar-refractivity contribution in [2.24, 2.45) is 11.7 Å². The van der Waals surface area contributed by atoms with Gasteiger partial charge >= 0.3 is 0 Å². The Labute approximate surface area is 171 Å². The van der Waals surface area contributed by atoms with Crippen LogP contribution in [0.5, 0.6) is 5.75 Å². The third-order valence-electron chi connectivity index (χ3n) is 4.63. The molecule has 0 spiro atoms. The molecule has 0 saturated heterocycles. The molecule has 29 heavy (non-hydrogen) atoms. The largest absolute Gasteiger partial charge is 0.505 e. The van der Waals surface area contributed by atoms with Crippen molar-refractivity contribution in [3.05, 3.63) is 59.4 Å². The summed E-state index contributed by atoms with van der Waals surface area (Å²) >= 11 is 0. The summed E-state index contributed by atoms with van der Waals surface area (Å²) in [5.41, 5.74) is 7.28. The molecule has 0 radical (unpaired) electrons. The number of benzene rings is 2. The normalized spacial score (nSPS) is 14.3. The van der Waals surface area contributed by atoms with Crippen LogP contribution in [0, 0.1) is 18.7 Å². The Morgan fingerprint density at radius 3 is 2.34 bits per heavy atom. The van der Waals surface area contributed by atoms with Crippen molar-refractivity contribution in [3.8, 4) is 5.75 Å². The predicted octanol–water partition coefficient (Wildman–Crippen LogP) is 2.42. The SMILES string of the molecule is Cc1cc(O)c(F)cc1S(=O)(=O)N(CC(C)C)C[C@@H](O)[C@@H](N)Cc1ccccc1. The van der Waals surface area contributed by atoms with E-state index in [-0.39, 0.29) is 29.5 Å². The molecular weight excluding hydrogens is 395 g/mol. The van der Waals surface area contributed by atoms with Gasteiger partial charge in [-0.15, -0.1) is 0 Å². The second kappa shape index (κ2) is 9.67. The maximum Gasteiger partial charge on any atom is 0.243 e. The predicted molar refractivity (Wildman–Crippen MR) is 111 cm³/mol. The standard InChI is InChI=1S/C21H29FN2O4S/c1-14(2)12-24(13-20(26)18(23)10-16-7-5-4-6-8-16)29(27,28)21-11-17(22)19(25)9-15(21)3/h4-9,11,14,18,20,25-26H,10,12-13,23H2,1-3H3/t18-,20+/m0/s1. The average molecular weight is 425 g/mol. The lowest BCUT2D eigenvalue weighted by atomic mass is 10.0. The molecule has 0 aliphatic rings. The molecule has 2 aromatic rings. The van der Waals surface area contributed by atoms with E-state index in [4.69, 9.17) is 5.73 Å². The van der Waals surface area contributed by atoms with Crippen molar-refractivity contribution in [2.75, 3.05) is 13.1 Å². The Morgan fingerprint density at radius 1 is 1.14 bits per heavy atom. The van der Waals surface area contributed by atoms with Crippen molar-refractivity contribution in [3.63, 3.8) is 0 Å². The summed E-state index contributed by atoms with van der Waals surface area (Å²) in [5.74, 6) is -1.65. The van der Waals surface area contributed by atoms with Crippen LogP contribution in [0.15, 0.2) is 47.4 Å². The number of nitrogens with zero attached hydrogens (tertiary/aromatic N) is 1. The number of aromatic hydroxyl groups is 1. The quantitative estimate of drug-likeness (QED) is 0.574. The Bertz CT molecular complexity index is 920. The zero-order valence-electron chi connectivity index (χ0n) is 16.9. The molecule has 0 heterocycles. The van der Waals surface area contributed by atoms with Gasteiger partial charge in [0.25, 0.3) is 0 Å². The average Bonchev–Trinajstić information content (AvgIpc) is 2.64. The highest BCUT2D eigenvalue weighted by atomic mass is 32.2. The summed E-state index contributed by atoms with van der Waals surface area (Å²) in [7, 11) is -4.10. The van der Waals surface area contributed by atoms with E-state index in [1.807, 2.05) is 44.2 Å². The van der Waals surface area contributed by atoms with E-state index in [9.17, 15) is 23.0 Å². The molecule has 0 fully saturated rings. The molecule has 2 atom stereocenters. The molecular formula is C21H29FN2O4S. The lowest BCUT2D eigenvalue weighted by Crippen LogP contribution is -2.47. The molecule has 0 amide bonds. The van der Waals surface area contributed by atoms with Crippen molar-refractivity contribution in [1.29, 1.82) is 0 Å². The molecule has 0 aromatic heterocycles. The minimum Gasteiger partial charge on any atom is -0.505 e. The lowest BCUT2D eigenvalue weighted by Gasteiger charge is -2.29. The van der Waals surface area contributed by atoms with Crippen LogP contribution >= 0.6 is 0 Å². The van der Waals surface area contributed by atoms with Crippen molar-refractivity contribution in [1.82, 2.24) is 4.31 Å². The number of phenols is 1. The van der Waals surface area contributed by atoms with Gasteiger partial charge in [0.2, 0.25) is 10.0 Å². The second-order valence-corrected chi connectivity index (χ2v) is 9.61. The zero-order valence-corrected chi connectivity index (χ0v) is 17.7. The van der Waals surface area contributed by atoms with E-state index in [1.165, 1.54) is 6.92 Å². The van der Waals surface area contributed by atoms with Gasteiger partial charge in [0, 0.05) is 19.1 Å². The molecule has 160 valence electrons. The first-order valence-electron chi connectivity index (χ1n) is 9.49. The highest BCUT2D eigenvalue weighted by Crippen LogP contribution is 2.27. The summed E-state index contributed by atoms with van der Waals surface area (Å²) in [6, 6.07) is 10.6. The highest BCUT2D eigenvalue weighted by molar-refractivity contribution is 7.89. The number of aliphatic hydroxyl groups is 1. The number of aliphatic hydroxyl groups excluding tert-OH is 1. The van der Waals surface area contributed by atoms with Crippen LogP contribution in [0.1, 0.15) is 25.0 Å². The Morgan fingerprint density at radius 2 is 1.76 bits per heavy atom. The molecule has 0 aliphatic carbocycles. The van der Waals surface area contributed by atoms with E-state index in [2.05, 4.69) is 0 Å². The van der Waals surface area contributed by atoms with Crippen LogP contribution in [0.3, 0.4) is 0 Å². The van der Waals surface area contributed by atoms with Crippen LogP contribution in [0.25, 0.3) is 0 Å². The van der Waals surface area contributed by atoms with E-state index in [0.717, 1.165) is 22.0 Å². The Hall–Kier alpha value is -2.00. The number of nitrogens with two attached hydrogens (primary N) is 1. The first-order valence-corrected chi connectivity index (χ1v) is 10.9. The minimum absolute atomic E-state index is 0.0235. The maximum atomic E-state index is 13.8. The topological polar surface area (TPSA) is 104 Å². The molecule has 0 unspecified atom stereocenters. The Balaban J connectivity index is 2.27. The summed E-state index contributed by atoms with van der Waals surface area (Å²) in [6.45, 7) is 5.11. The van der Waals surface area contributed by atoms with E-state index in [1.54, 1.807) is 0 Å². The third-order valence-corrected chi connectivity index (χ3v) is 6.60. The summed E-state index contributed by atoms with van der Waals surface area (Å²) in [4.78, 5) is -0.239. The third kappa shape index (κ3) is 5.99. The number of hydrogen-bond acceptors (Lipinski definition) is 5. The van der Waals surface area contributed by atoms with E-state index >= 15 is 0 Å². The lowest BCUT2D eigenvalue weighted by molar-refractivity contribution is 0.116. The molecule has 2 aromatic carbocycles. The monoisotopic (exact) mass is 424 g/mol. The molecule has 0 bridgehead atoms. The molecule has 6 nitrogen and oxygen atoms in total. The number of halogens is 1. The number of hydrogen-bond donors (Lipinski definition) is 3. The molecule has 4 N–H and O–H groups in total. The van der Waals surface area contributed by atoms with Crippen LogP contribution in [0.2, 0.25) is 0 Å². The zero-order chi connectivity index (χ0) is 21.8. The van der Waals surface area contributed by atoms with Crippen molar-refractivity contribution >= 4 is 10.0 Å². The fraction of sp³-hybridized carbons (Fsp3) is 0.429. The van der Waals surface area contributed by atoms with E-state index < -0.39 is 33.7 Å². The fourth-order valence-corrected chi connectivity index (χ4v) is 4.95. The first-order chi connectivity index (χ1) is 13.5. The van der Waals surface area contributed by atoms with Crippen molar-refractivity contribution in [2.45, 2.75) is 44.2 Å². The van der Waals surface area contributed by atoms with Gasteiger partial charge < -0.3 is 15.9 Å². The van der Waals surface area contributed by atoms with Gasteiger partial charge in [-0.1, -0.05) is 44.2 Å². The van der Waals surface area contributed by atoms with Crippen LogP contribution in [0.4, 0.5) is 4.39 Å². The number of sulfonamides is 1. The van der Waals surface area contributed by atoms with Gasteiger partial charge in [0.05, 0.1) is 11.0 Å². The summed E-state index contributed by atoms with van der Waals surface area (Å²) < 4.78 is 41.4. The van der Waals surface area contributed by atoms with Gasteiger partial charge in [-0.2, -0.15) is 4.31 Å². The van der Waals surface area contributed by atoms with E-state index in [0.29, 0.717) is 6.42 Å². The van der Waals surface area contributed by atoms with Crippen LogP contribution < -0.4 is 5.73 Å². The van der Waals surface area contributed by atoms with Gasteiger partial charge in [-0.25, -0.2) is 12.8 Å². The number of rotatable bonds is 9. The first kappa shape index (κ1) is 23.3. The van der Waals surface area contributed by atoms with Gasteiger partial charge in [-0.05, 0) is 42.5 Å². The second-order valence-electron chi connectivity index (χ2n) is 7.71. The number of phenolic OH excluding ortho intramolecular Hbond substituents is 1. The van der Waals surface area contributed by atoms with Gasteiger partial charge in [-0.3, -0.25) is 0 Å². The molecule has 0 aliphatic heterocycles. The van der Waals surface area contributed by atoms with Crippen LogP contribution in [-0.4, -0.2) is 48.2 Å². The van der Waals surface area contributed by atoms with Crippen LogP contribution in [-0.2, 0) is 16.4 Å².